The van der Waals surface area contributed by atoms with Crippen molar-refractivity contribution in [1.29, 1.82) is 0 Å². The SMILES string of the molecule is C=C(N=C(/C=C(/C)N)OP(=S)(OCC)OCC)C(C)C. The molecule has 0 amide bonds. The highest BCUT2D eigenvalue weighted by Gasteiger charge is 2.22. The fourth-order valence-electron chi connectivity index (χ4n) is 1.07. The van der Waals surface area contributed by atoms with Crippen molar-refractivity contribution < 1.29 is 13.6 Å². The Morgan fingerprint density at radius 2 is 1.85 bits per heavy atom. The summed E-state index contributed by atoms with van der Waals surface area (Å²) in [6, 6.07) is 0. The van der Waals surface area contributed by atoms with E-state index >= 15 is 0 Å². The van der Waals surface area contributed by atoms with E-state index in [9.17, 15) is 0 Å². The molecule has 7 heteroatoms. The average molecular weight is 320 g/mol. The molecule has 0 spiro atoms. The fourth-order valence-corrected chi connectivity index (χ4v) is 3.06. The summed E-state index contributed by atoms with van der Waals surface area (Å²) in [4.78, 5) is 4.31. The molecule has 0 aromatic heterocycles. The van der Waals surface area contributed by atoms with Crippen molar-refractivity contribution in [2.45, 2.75) is 34.6 Å². The Balaban J connectivity index is 5.29. The van der Waals surface area contributed by atoms with Gasteiger partial charge in [0.15, 0.2) is 0 Å². The molecular formula is C13H25N2O3PS. The van der Waals surface area contributed by atoms with Gasteiger partial charge in [-0.05, 0) is 26.7 Å². The lowest BCUT2D eigenvalue weighted by Crippen LogP contribution is -2.08. The lowest BCUT2D eigenvalue weighted by Gasteiger charge is -2.21. The zero-order valence-corrected chi connectivity index (χ0v) is 14.6. The molecular weight excluding hydrogens is 295 g/mol. The highest BCUT2D eigenvalue weighted by molar-refractivity contribution is 8.07. The number of nitrogens with zero attached hydrogens (tertiary/aromatic N) is 1. The minimum Gasteiger partial charge on any atom is -0.406 e. The van der Waals surface area contributed by atoms with Crippen LogP contribution in [0.15, 0.2) is 29.0 Å². The summed E-state index contributed by atoms with van der Waals surface area (Å²) < 4.78 is 16.5. The molecule has 0 bridgehead atoms. The van der Waals surface area contributed by atoms with E-state index in [1.165, 1.54) is 0 Å². The molecule has 0 fully saturated rings. The van der Waals surface area contributed by atoms with Crippen LogP contribution < -0.4 is 5.73 Å². The zero-order chi connectivity index (χ0) is 15.8. The van der Waals surface area contributed by atoms with Gasteiger partial charge >= 0.3 is 6.72 Å². The van der Waals surface area contributed by atoms with Gasteiger partial charge in [0.1, 0.15) is 0 Å². The van der Waals surface area contributed by atoms with Gasteiger partial charge in [0.25, 0.3) is 0 Å². The van der Waals surface area contributed by atoms with Gasteiger partial charge in [-0.2, -0.15) is 0 Å². The fraction of sp³-hybridized carbons (Fsp3) is 0.615. The van der Waals surface area contributed by atoms with Gasteiger partial charge < -0.3 is 10.3 Å². The molecule has 116 valence electrons. The van der Waals surface area contributed by atoms with E-state index in [4.69, 9.17) is 31.1 Å². The van der Waals surface area contributed by atoms with Gasteiger partial charge in [-0.25, -0.2) is 4.99 Å². The molecule has 0 atom stereocenters. The van der Waals surface area contributed by atoms with Gasteiger partial charge in [-0.1, -0.05) is 20.4 Å². The number of aliphatic imine (C=N–C) groups is 1. The van der Waals surface area contributed by atoms with E-state index in [-0.39, 0.29) is 11.8 Å². The van der Waals surface area contributed by atoms with Gasteiger partial charge in [-0.15, -0.1) is 0 Å². The van der Waals surface area contributed by atoms with Crippen molar-refractivity contribution in [3.8, 4) is 0 Å². The Labute approximate surface area is 127 Å². The van der Waals surface area contributed by atoms with E-state index < -0.39 is 6.72 Å². The lowest BCUT2D eigenvalue weighted by molar-refractivity contribution is 0.215. The van der Waals surface area contributed by atoms with Crippen LogP contribution in [0.2, 0.25) is 0 Å². The largest absolute Gasteiger partial charge is 0.406 e. The molecule has 0 aliphatic rings. The van der Waals surface area contributed by atoms with Crippen LogP contribution in [0.5, 0.6) is 0 Å². The summed E-state index contributed by atoms with van der Waals surface area (Å²) >= 11 is 5.31. The topological polar surface area (TPSA) is 66.1 Å². The summed E-state index contributed by atoms with van der Waals surface area (Å²) in [5, 5.41) is 0. The third kappa shape index (κ3) is 7.80. The van der Waals surface area contributed by atoms with Gasteiger partial charge in [0, 0.05) is 29.3 Å². The first-order valence-corrected chi connectivity index (χ1v) is 9.09. The normalized spacial score (nSPS) is 13.7. The van der Waals surface area contributed by atoms with Gasteiger partial charge in [0.2, 0.25) is 5.90 Å². The van der Waals surface area contributed by atoms with Crippen LogP contribution in [0, 0.1) is 5.92 Å². The van der Waals surface area contributed by atoms with Gasteiger partial charge in [0.05, 0.1) is 13.2 Å². The Hall–Kier alpha value is -0.680. The molecule has 0 aliphatic heterocycles. The smallest absolute Gasteiger partial charge is 0.381 e. The number of hydrogen-bond donors (Lipinski definition) is 1. The first-order valence-electron chi connectivity index (χ1n) is 6.54. The molecule has 0 aromatic rings. The van der Waals surface area contributed by atoms with Crippen molar-refractivity contribution in [3.63, 3.8) is 0 Å². The molecule has 0 unspecified atom stereocenters. The van der Waals surface area contributed by atoms with Crippen LogP contribution in [0.4, 0.5) is 0 Å². The molecule has 5 nitrogen and oxygen atoms in total. The van der Waals surface area contributed by atoms with Crippen LogP contribution >= 0.6 is 6.72 Å². The molecule has 2 N–H and O–H groups in total. The van der Waals surface area contributed by atoms with Crippen molar-refractivity contribution in [2.75, 3.05) is 13.2 Å². The van der Waals surface area contributed by atoms with E-state index in [1.54, 1.807) is 13.0 Å². The average Bonchev–Trinajstić information content (AvgIpc) is 2.27. The van der Waals surface area contributed by atoms with E-state index in [2.05, 4.69) is 11.6 Å². The quantitative estimate of drug-likeness (QED) is 0.419. The summed E-state index contributed by atoms with van der Waals surface area (Å²) in [5.41, 5.74) is 6.90. The van der Waals surface area contributed by atoms with Crippen molar-refractivity contribution in [1.82, 2.24) is 0 Å². The minimum absolute atomic E-state index is 0.192. The zero-order valence-electron chi connectivity index (χ0n) is 12.9. The Kier molecular flexibility index (Phi) is 8.98. The van der Waals surface area contributed by atoms with Crippen molar-refractivity contribution >= 4 is 24.4 Å². The molecule has 0 heterocycles. The van der Waals surface area contributed by atoms with Crippen LogP contribution in [0.1, 0.15) is 34.6 Å². The second-order valence-electron chi connectivity index (χ2n) is 4.36. The van der Waals surface area contributed by atoms with Gasteiger partial charge in [-0.3, -0.25) is 9.05 Å². The van der Waals surface area contributed by atoms with E-state index in [0.29, 0.717) is 24.6 Å². The Bertz CT molecular complexity index is 419. The van der Waals surface area contributed by atoms with Crippen LogP contribution in [-0.2, 0) is 25.4 Å². The maximum absolute atomic E-state index is 5.68. The minimum atomic E-state index is -2.86. The van der Waals surface area contributed by atoms with Crippen LogP contribution in [-0.4, -0.2) is 19.1 Å². The van der Waals surface area contributed by atoms with Crippen molar-refractivity contribution in [2.24, 2.45) is 16.6 Å². The molecule has 0 aliphatic carbocycles. The first kappa shape index (κ1) is 19.3. The van der Waals surface area contributed by atoms with E-state index in [0.717, 1.165) is 0 Å². The molecule has 0 rings (SSSR count). The lowest BCUT2D eigenvalue weighted by atomic mass is 10.2. The monoisotopic (exact) mass is 320 g/mol. The Morgan fingerprint density at radius 3 is 2.20 bits per heavy atom. The molecule has 0 saturated heterocycles. The van der Waals surface area contributed by atoms with Crippen molar-refractivity contribution in [3.05, 3.63) is 24.0 Å². The maximum Gasteiger partial charge on any atom is 0.381 e. The number of rotatable bonds is 8. The first-order chi connectivity index (χ1) is 9.24. The summed E-state index contributed by atoms with van der Waals surface area (Å²) in [7, 11) is 0. The Morgan fingerprint density at radius 1 is 1.35 bits per heavy atom. The predicted octanol–water partition coefficient (Wildman–Crippen LogP) is 3.73. The number of allylic oxidation sites excluding steroid dienone is 2. The molecule has 0 saturated carbocycles. The third-order valence-corrected chi connectivity index (χ3v) is 4.47. The maximum atomic E-state index is 5.68. The highest BCUT2D eigenvalue weighted by Crippen LogP contribution is 2.50. The highest BCUT2D eigenvalue weighted by atomic mass is 32.5. The molecule has 0 aromatic carbocycles. The van der Waals surface area contributed by atoms with Crippen LogP contribution in [0.3, 0.4) is 0 Å². The second-order valence-corrected chi connectivity index (χ2v) is 7.29. The second kappa shape index (κ2) is 9.29. The number of nitrogens with two attached hydrogens (primary N) is 1. The molecule has 20 heavy (non-hydrogen) atoms. The number of hydrogen-bond acceptors (Lipinski definition) is 6. The summed E-state index contributed by atoms with van der Waals surface area (Å²) in [6.07, 6.45) is 1.59. The van der Waals surface area contributed by atoms with E-state index in [1.807, 2.05) is 27.7 Å². The summed E-state index contributed by atoms with van der Waals surface area (Å²) in [6.45, 7) is 11.2. The standard InChI is InChI=1S/C13H25N2O3PS/c1-7-16-19(20,17-8-2)18-13(9-11(5)14)15-12(6)10(3)4/h9-10H,6-8,14H2,1-5H3/b11-9-,15-13?. The van der Waals surface area contributed by atoms with Crippen LogP contribution in [0.25, 0.3) is 0 Å². The molecule has 0 radical (unpaired) electrons. The summed E-state index contributed by atoms with van der Waals surface area (Å²) in [5.74, 6) is 0.464. The predicted molar refractivity (Wildman–Crippen MR) is 88.0 cm³/mol. The third-order valence-electron chi connectivity index (χ3n) is 2.05.